The normalized spacial score (nSPS) is 12.9. The van der Waals surface area contributed by atoms with Crippen molar-refractivity contribution in [2.75, 3.05) is 17.6 Å². The zero-order valence-corrected chi connectivity index (χ0v) is 13.4. The Kier molecular flexibility index (Phi) is 6.27. The second-order valence-electron chi connectivity index (χ2n) is 4.60. The molecule has 0 aliphatic heterocycles. The van der Waals surface area contributed by atoms with E-state index in [9.17, 15) is 18.3 Å². The summed E-state index contributed by atoms with van der Waals surface area (Å²) in [5, 5.41) is 9.45. The van der Waals surface area contributed by atoms with Crippen molar-refractivity contribution in [1.29, 1.82) is 0 Å². The SMILES string of the molecule is C=C/C(=C(\C=C/C)CO)c1ccc(NS(C)(=O)=O)cc1C=O. The summed E-state index contributed by atoms with van der Waals surface area (Å²) in [7, 11) is -3.42. The maximum absolute atomic E-state index is 11.3. The molecule has 0 radical (unpaired) electrons. The van der Waals surface area contributed by atoms with Crippen LogP contribution in [-0.4, -0.2) is 32.7 Å². The van der Waals surface area contributed by atoms with Crippen LogP contribution < -0.4 is 4.72 Å². The van der Waals surface area contributed by atoms with E-state index in [1.54, 1.807) is 30.4 Å². The lowest BCUT2D eigenvalue weighted by Gasteiger charge is -2.12. The number of benzene rings is 1. The minimum atomic E-state index is -3.42. The summed E-state index contributed by atoms with van der Waals surface area (Å²) in [5.74, 6) is 0. The molecule has 118 valence electrons. The predicted molar refractivity (Wildman–Crippen MR) is 89.3 cm³/mol. The fourth-order valence-electron chi connectivity index (χ4n) is 2.03. The van der Waals surface area contributed by atoms with Crippen molar-refractivity contribution < 1.29 is 18.3 Å². The van der Waals surface area contributed by atoms with Crippen molar-refractivity contribution in [3.63, 3.8) is 0 Å². The molecule has 0 atom stereocenters. The van der Waals surface area contributed by atoms with Crippen molar-refractivity contribution in [3.8, 4) is 0 Å². The van der Waals surface area contributed by atoms with Gasteiger partial charge in [-0.2, -0.15) is 0 Å². The third kappa shape index (κ3) is 4.68. The third-order valence-corrected chi connectivity index (χ3v) is 3.47. The molecule has 1 aromatic rings. The van der Waals surface area contributed by atoms with Gasteiger partial charge in [0.15, 0.2) is 6.29 Å². The van der Waals surface area contributed by atoms with E-state index in [1.807, 2.05) is 6.92 Å². The first-order valence-electron chi connectivity index (χ1n) is 6.52. The highest BCUT2D eigenvalue weighted by Crippen LogP contribution is 2.26. The molecule has 0 saturated carbocycles. The van der Waals surface area contributed by atoms with Crippen LogP contribution in [0.5, 0.6) is 0 Å². The Hall–Kier alpha value is -2.18. The molecule has 0 aliphatic carbocycles. The summed E-state index contributed by atoms with van der Waals surface area (Å²) in [5.41, 5.74) is 2.41. The van der Waals surface area contributed by atoms with Gasteiger partial charge in [-0.05, 0) is 35.8 Å². The Morgan fingerprint density at radius 1 is 1.41 bits per heavy atom. The van der Waals surface area contributed by atoms with Crippen molar-refractivity contribution in [2.45, 2.75) is 6.92 Å². The summed E-state index contributed by atoms with van der Waals surface area (Å²) >= 11 is 0. The van der Waals surface area contributed by atoms with Gasteiger partial charge in [0.1, 0.15) is 0 Å². The lowest BCUT2D eigenvalue weighted by Crippen LogP contribution is -2.10. The molecule has 1 aromatic carbocycles. The van der Waals surface area contributed by atoms with Crippen LogP contribution in [0.1, 0.15) is 22.8 Å². The quantitative estimate of drug-likeness (QED) is 0.596. The predicted octanol–water partition coefficient (Wildman–Crippen LogP) is 2.38. The summed E-state index contributed by atoms with van der Waals surface area (Å²) in [4.78, 5) is 11.3. The Morgan fingerprint density at radius 3 is 2.55 bits per heavy atom. The van der Waals surface area contributed by atoms with Gasteiger partial charge >= 0.3 is 0 Å². The second-order valence-corrected chi connectivity index (χ2v) is 6.34. The molecule has 5 nitrogen and oxygen atoms in total. The van der Waals surface area contributed by atoms with Crippen LogP contribution >= 0.6 is 0 Å². The van der Waals surface area contributed by atoms with Crippen LogP contribution in [0.4, 0.5) is 5.69 Å². The fraction of sp³-hybridized carbons (Fsp3) is 0.188. The molecule has 0 unspecified atom stereocenters. The van der Waals surface area contributed by atoms with E-state index in [-0.39, 0.29) is 6.61 Å². The number of rotatable bonds is 7. The Morgan fingerprint density at radius 2 is 2.09 bits per heavy atom. The highest BCUT2D eigenvalue weighted by Gasteiger charge is 2.11. The van der Waals surface area contributed by atoms with Gasteiger partial charge in [0.2, 0.25) is 10.0 Å². The van der Waals surface area contributed by atoms with Gasteiger partial charge < -0.3 is 5.11 Å². The van der Waals surface area contributed by atoms with Crippen LogP contribution in [0.3, 0.4) is 0 Å². The molecule has 22 heavy (non-hydrogen) atoms. The molecule has 6 heteroatoms. The van der Waals surface area contributed by atoms with Crippen LogP contribution in [0, 0.1) is 0 Å². The zero-order valence-electron chi connectivity index (χ0n) is 12.5. The third-order valence-electron chi connectivity index (χ3n) is 2.86. The summed E-state index contributed by atoms with van der Waals surface area (Å²) in [6, 6.07) is 4.61. The highest BCUT2D eigenvalue weighted by molar-refractivity contribution is 7.92. The number of anilines is 1. The molecule has 0 saturated heterocycles. The first-order valence-corrected chi connectivity index (χ1v) is 8.42. The van der Waals surface area contributed by atoms with E-state index < -0.39 is 10.0 Å². The number of allylic oxidation sites excluding steroid dienone is 3. The van der Waals surface area contributed by atoms with E-state index in [2.05, 4.69) is 11.3 Å². The van der Waals surface area contributed by atoms with Gasteiger partial charge in [-0.1, -0.05) is 30.9 Å². The Labute approximate surface area is 130 Å². The van der Waals surface area contributed by atoms with E-state index in [0.29, 0.717) is 34.2 Å². The number of aliphatic hydroxyl groups excluding tert-OH is 1. The number of nitrogens with one attached hydrogen (secondary N) is 1. The van der Waals surface area contributed by atoms with E-state index >= 15 is 0 Å². The van der Waals surface area contributed by atoms with Crippen LogP contribution in [-0.2, 0) is 10.0 Å². The molecule has 0 bridgehead atoms. The first-order chi connectivity index (χ1) is 10.4. The fourth-order valence-corrected chi connectivity index (χ4v) is 2.58. The first kappa shape index (κ1) is 17.9. The number of hydrogen-bond acceptors (Lipinski definition) is 4. The largest absolute Gasteiger partial charge is 0.392 e. The molecule has 0 fully saturated rings. The molecule has 1 rings (SSSR count). The van der Waals surface area contributed by atoms with Crippen molar-refractivity contribution in [2.24, 2.45) is 0 Å². The monoisotopic (exact) mass is 321 g/mol. The van der Waals surface area contributed by atoms with Gasteiger partial charge in [0.05, 0.1) is 12.9 Å². The molecular weight excluding hydrogens is 302 g/mol. The Bertz CT molecular complexity index is 731. The number of carbonyl (C=O) groups excluding carboxylic acids is 1. The summed E-state index contributed by atoms with van der Waals surface area (Å²) in [6.45, 7) is 5.33. The van der Waals surface area contributed by atoms with Gasteiger partial charge in [-0.25, -0.2) is 8.42 Å². The van der Waals surface area contributed by atoms with Gasteiger partial charge in [-0.3, -0.25) is 9.52 Å². The van der Waals surface area contributed by atoms with Gasteiger partial charge in [0.25, 0.3) is 0 Å². The Balaban J connectivity index is 3.47. The van der Waals surface area contributed by atoms with Crippen molar-refractivity contribution in [1.82, 2.24) is 0 Å². The number of carbonyl (C=O) groups is 1. The molecule has 0 aromatic heterocycles. The summed E-state index contributed by atoms with van der Waals surface area (Å²) < 4.78 is 24.8. The number of hydrogen-bond donors (Lipinski definition) is 2. The van der Waals surface area contributed by atoms with Crippen molar-refractivity contribution >= 4 is 27.6 Å². The minimum Gasteiger partial charge on any atom is -0.392 e. The summed E-state index contributed by atoms with van der Waals surface area (Å²) in [6.07, 6.45) is 6.73. The molecule has 0 aliphatic rings. The van der Waals surface area contributed by atoms with Gasteiger partial charge in [0, 0.05) is 11.3 Å². The number of sulfonamides is 1. The molecular formula is C16H19NO4S. The lowest BCUT2D eigenvalue weighted by atomic mass is 9.95. The minimum absolute atomic E-state index is 0.201. The number of aldehydes is 1. The number of aliphatic hydroxyl groups is 1. The second kappa shape index (κ2) is 7.72. The van der Waals surface area contributed by atoms with Crippen LogP contribution in [0.25, 0.3) is 5.57 Å². The molecule has 0 spiro atoms. The van der Waals surface area contributed by atoms with Crippen LogP contribution in [0.15, 0.2) is 48.6 Å². The topological polar surface area (TPSA) is 83.5 Å². The lowest BCUT2D eigenvalue weighted by molar-refractivity contribution is 0.112. The smallest absolute Gasteiger partial charge is 0.229 e. The standard InChI is InChI=1S/C16H19NO4S/c1-4-6-12(10-18)15(5-2)16-8-7-14(9-13(16)11-19)17-22(3,20)21/h4-9,11,17-18H,2,10H2,1,3H3/b6-4-,15-12-. The maximum Gasteiger partial charge on any atom is 0.229 e. The average molecular weight is 321 g/mol. The van der Waals surface area contributed by atoms with E-state index in [1.165, 1.54) is 6.07 Å². The molecule has 0 amide bonds. The zero-order chi connectivity index (χ0) is 16.8. The maximum atomic E-state index is 11.3. The average Bonchev–Trinajstić information content (AvgIpc) is 2.46. The molecule has 2 N–H and O–H groups in total. The van der Waals surface area contributed by atoms with E-state index in [4.69, 9.17) is 0 Å². The van der Waals surface area contributed by atoms with Crippen LogP contribution in [0.2, 0.25) is 0 Å². The van der Waals surface area contributed by atoms with Crippen molar-refractivity contribution in [3.05, 3.63) is 59.7 Å². The van der Waals surface area contributed by atoms with E-state index in [0.717, 1.165) is 6.26 Å². The molecule has 0 heterocycles. The van der Waals surface area contributed by atoms with Gasteiger partial charge in [-0.15, -0.1) is 0 Å². The highest BCUT2D eigenvalue weighted by atomic mass is 32.2.